The Hall–Kier alpha value is -2.63. The van der Waals surface area contributed by atoms with Crippen molar-refractivity contribution in [2.24, 2.45) is 0 Å². The van der Waals surface area contributed by atoms with E-state index >= 15 is 0 Å². The van der Waals surface area contributed by atoms with Gasteiger partial charge in [-0.15, -0.1) is 0 Å². The summed E-state index contributed by atoms with van der Waals surface area (Å²) in [6, 6.07) is 15.7. The van der Waals surface area contributed by atoms with E-state index in [4.69, 9.17) is 20.9 Å². The van der Waals surface area contributed by atoms with E-state index in [1.54, 1.807) is 6.08 Å². The molecule has 5 nitrogen and oxygen atoms in total. The number of nitrogens with one attached hydrogen (secondary N) is 1. The Kier molecular flexibility index (Phi) is 7.23. The smallest absolute Gasteiger partial charge is 0.226 e. The predicted molar refractivity (Wildman–Crippen MR) is 111 cm³/mol. The summed E-state index contributed by atoms with van der Waals surface area (Å²) in [6.07, 6.45) is 3.42. The molecule has 0 aliphatic heterocycles. The van der Waals surface area contributed by atoms with Crippen molar-refractivity contribution in [2.75, 3.05) is 6.61 Å². The molecule has 0 bridgehead atoms. The molecule has 1 aromatic heterocycles. The Morgan fingerprint density at radius 3 is 2.79 bits per heavy atom. The molecule has 3 rings (SSSR count). The van der Waals surface area contributed by atoms with Gasteiger partial charge in [0.1, 0.15) is 12.4 Å². The van der Waals surface area contributed by atoms with Crippen molar-refractivity contribution in [2.45, 2.75) is 32.4 Å². The normalized spacial score (nSPS) is 11.9. The number of benzene rings is 2. The average Bonchev–Trinajstić information content (AvgIpc) is 3.17. The summed E-state index contributed by atoms with van der Waals surface area (Å²) >= 11 is 6.33. The van der Waals surface area contributed by atoms with Crippen LogP contribution >= 0.6 is 11.6 Å². The Morgan fingerprint density at radius 1 is 1.25 bits per heavy atom. The Bertz CT molecular complexity index is 896. The van der Waals surface area contributed by atoms with Gasteiger partial charge < -0.3 is 9.26 Å². The zero-order chi connectivity index (χ0) is 19.8. The number of ether oxygens (including phenoxy) is 1. The topological polar surface area (TPSA) is 60.2 Å². The van der Waals surface area contributed by atoms with Crippen LogP contribution in [0.15, 0.2) is 65.7 Å². The highest BCUT2D eigenvalue weighted by Crippen LogP contribution is 2.26. The minimum Gasteiger partial charge on any atom is -0.488 e. The molecule has 0 amide bonds. The van der Waals surface area contributed by atoms with Crippen LogP contribution in [0.1, 0.15) is 42.2 Å². The van der Waals surface area contributed by atoms with Gasteiger partial charge in [0.15, 0.2) is 5.82 Å². The molecule has 1 unspecified atom stereocenters. The van der Waals surface area contributed by atoms with E-state index in [2.05, 4.69) is 29.0 Å². The standard InChI is InChI=1S/C22H24ClN3O2/c1-3-8-20-25-22(26-28-20)21(17-9-6-5-7-10-17)24-15-16-11-12-19(18(23)14-16)27-13-4-2/h4-7,9-12,14,21,24H,2-3,8,13,15H2,1H3. The molecule has 3 aromatic rings. The molecule has 0 aliphatic carbocycles. The lowest BCUT2D eigenvalue weighted by molar-refractivity contribution is 0.363. The largest absolute Gasteiger partial charge is 0.488 e. The first-order chi connectivity index (χ1) is 13.7. The first kappa shape index (κ1) is 20.1. The number of aromatic nitrogens is 2. The fourth-order valence-electron chi connectivity index (χ4n) is 2.84. The fourth-order valence-corrected chi connectivity index (χ4v) is 3.10. The highest BCUT2D eigenvalue weighted by molar-refractivity contribution is 6.32. The molecular formula is C22H24ClN3O2. The SMILES string of the molecule is C=CCOc1ccc(CNC(c2ccccc2)c2noc(CCC)n2)cc1Cl. The van der Waals surface area contributed by atoms with Crippen molar-refractivity contribution in [3.05, 3.63) is 89.1 Å². The van der Waals surface area contributed by atoms with Gasteiger partial charge in [-0.05, 0) is 29.7 Å². The van der Waals surface area contributed by atoms with E-state index in [0.717, 1.165) is 24.0 Å². The second-order valence-corrected chi connectivity index (χ2v) is 6.79. The van der Waals surface area contributed by atoms with Gasteiger partial charge in [0.2, 0.25) is 5.89 Å². The second kappa shape index (κ2) is 10.1. The van der Waals surface area contributed by atoms with Crippen LogP contribution in [0.2, 0.25) is 5.02 Å². The van der Waals surface area contributed by atoms with Crippen LogP contribution in [0, 0.1) is 0 Å². The van der Waals surface area contributed by atoms with Gasteiger partial charge in [-0.3, -0.25) is 5.32 Å². The average molecular weight is 398 g/mol. The van der Waals surface area contributed by atoms with Gasteiger partial charge in [0.05, 0.1) is 11.1 Å². The van der Waals surface area contributed by atoms with Crippen molar-refractivity contribution >= 4 is 11.6 Å². The van der Waals surface area contributed by atoms with Crippen LogP contribution in [-0.2, 0) is 13.0 Å². The first-order valence-electron chi connectivity index (χ1n) is 9.34. The van der Waals surface area contributed by atoms with E-state index in [9.17, 15) is 0 Å². The number of hydrogen-bond donors (Lipinski definition) is 1. The number of hydrogen-bond acceptors (Lipinski definition) is 5. The highest BCUT2D eigenvalue weighted by Gasteiger charge is 2.20. The molecule has 0 saturated carbocycles. The zero-order valence-corrected chi connectivity index (χ0v) is 16.7. The van der Waals surface area contributed by atoms with Crippen LogP contribution in [-0.4, -0.2) is 16.7 Å². The molecule has 2 aromatic carbocycles. The maximum atomic E-state index is 6.33. The third-order valence-electron chi connectivity index (χ3n) is 4.20. The van der Waals surface area contributed by atoms with Gasteiger partial charge in [0.25, 0.3) is 0 Å². The Morgan fingerprint density at radius 2 is 2.07 bits per heavy atom. The molecule has 28 heavy (non-hydrogen) atoms. The summed E-state index contributed by atoms with van der Waals surface area (Å²) in [5, 5.41) is 8.27. The lowest BCUT2D eigenvalue weighted by atomic mass is 10.1. The summed E-state index contributed by atoms with van der Waals surface area (Å²) in [4.78, 5) is 4.56. The van der Waals surface area contributed by atoms with E-state index in [-0.39, 0.29) is 6.04 Å². The van der Waals surface area contributed by atoms with Crippen molar-refractivity contribution in [3.8, 4) is 5.75 Å². The summed E-state index contributed by atoms with van der Waals surface area (Å²) < 4.78 is 10.9. The van der Waals surface area contributed by atoms with Crippen LogP contribution in [0.4, 0.5) is 0 Å². The van der Waals surface area contributed by atoms with Gasteiger partial charge in [-0.1, -0.05) is 72.7 Å². The molecule has 1 atom stereocenters. The molecule has 0 fully saturated rings. The quantitative estimate of drug-likeness (QED) is 0.481. The van der Waals surface area contributed by atoms with Crippen LogP contribution in [0.25, 0.3) is 0 Å². The van der Waals surface area contributed by atoms with Gasteiger partial charge in [-0.2, -0.15) is 4.98 Å². The monoisotopic (exact) mass is 397 g/mol. The van der Waals surface area contributed by atoms with E-state index < -0.39 is 0 Å². The molecule has 0 radical (unpaired) electrons. The van der Waals surface area contributed by atoms with Crippen molar-refractivity contribution < 1.29 is 9.26 Å². The van der Waals surface area contributed by atoms with Crippen LogP contribution < -0.4 is 10.1 Å². The minimum atomic E-state index is -0.175. The van der Waals surface area contributed by atoms with Gasteiger partial charge in [-0.25, -0.2) is 0 Å². The second-order valence-electron chi connectivity index (χ2n) is 6.39. The third kappa shape index (κ3) is 5.21. The molecule has 0 spiro atoms. The molecular weight excluding hydrogens is 374 g/mol. The van der Waals surface area contributed by atoms with E-state index in [0.29, 0.717) is 35.6 Å². The summed E-state index contributed by atoms with van der Waals surface area (Å²) in [5.41, 5.74) is 2.11. The number of halogens is 1. The predicted octanol–water partition coefficient (Wildman–Crippen LogP) is 5.12. The van der Waals surface area contributed by atoms with Crippen LogP contribution in [0.5, 0.6) is 5.75 Å². The highest BCUT2D eigenvalue weighted by atomic mass is 35.5. The van der Waals surface area contributed by atoms with Gasteiger partial charge in [0, 0.05) is 13.0 Å². The Balaban J connectivity index is 1.76. The Labute approximate surface area is 170 Å². The summed E-state index contributed by atoms with van der Waals surface area (Å²) in [5.74, 6) is 1.94. The maximum Gasteiger partial charge on any atom is 0.226 e. The molecule has 1 heterocycles. The minimum absolute atomic E-state index is 0.175. The number of nitrogens with zero attached hydrogens (tertiary/aromatic N) is 2. The van der Waals surface area contributed by atoms with Crippen LogP contribution in [0.3, 0.4) is 0 Å². The fraction of sp³-hybridized carbons (Fsp3) is 0.273. The third-order valence-corrected chi connectivity index (χ3v) is 4.50. The lowest BCUT2D eigenvalue weighted by Gasteiger charge is -2.16. The molecule has 1 N–H and O–H groups in total. The van der Waals surface area contributed by atoms with Crippen molar-refractivity contribution in [1.82, 2.24) is 15.5 Å². The van der Waals surface area contributed by atoms with Gasteiger partial charge >= 0.3 is 0 Å². The maximum absolute atomic E-state index is 6.33. The van der Waals surface area contributed by atoms with Crippen molar-refractivity contribution in [1.29, 1.82) is 0 Å². The molecule has 146 valence electrons. The lowest BCUT2D eigenvalue weighted by Crippen LogP contribution is -2.23. The number of rotatable bonds is 10. The molecule has 6 heteroatoms. The first-order valence-corrected chi connectivity index (χ1v) is 9.72. The summed E-state index contributed by atoms with van der Waals surface area (Å²) in [6.45, 7) is 6.75. The number of aryl methyl sites for hydroxylation is 1. The molecule has 0 aliphatic rings. The van der Waals surface area contributed by atoms with E-state index in [1.165, 1.54) is 0 Å². The van der Waals surface area contributed by atoms with E-state index in [1.807, 2.05) is 48.5 Å². The molecule has 0 saturated heterocycles. The summed E-state index contributed by atoms with van der Waals surface area (Å²) in [7, 11) is 0. The van der Waals surface area contributed by atoms with Crippen molar-refractivity contribution in [3.63, 3.8) is 0 Å². The zero-order valence-electron chi connectivity index (χ0n) is 15.9.